The highest BCUT2D eigenvalue weighted by molar-refractivity contribution is 5.96. The Hall–Kier alpha value is -2.76. The van der Waals surface area contributed by atoms with Crippen LogP contribution in [-0.4, -0.2) is 32.2 Å². The number of carbonyl (C=O) groups is 2. The molecule has 0 saturated carbocycles. The van der Waals surface area contributed by atoms with Gasteiger partial charge in [0.05, 0.1) is 14.2 Å². The molecule has 1 unspecified atom stereocenters. The molecule has 1 atom stereocenters. The lowest BCUT2D eigenvalue weighted by molar-refractivity contribution is -0.148. The van der Waals surface area contributed by atoms with Crippen molar-refractivity contribution in [1.82, 2.24) is 0 Å². The minimum atomic E-state index is -0.935. The van der Waals surface area contributed by atoms with Gasteiger partial charge in [-0.05, 0) is 13.8 Å². The molecular formula is C17H21NO5. The van der Waals surface area contributed by atoms with Crippen molar-refractivity contribution < 1.29 is 23.8 Å². The van der Waals surface area contributed by atoms with E-state index in [-0.39, 0.29) is 0 Å². The molecule has 0 aliphatic heterocycles. The number of allylic oxidation sites excluding steroid dienone is 3. The third kappa shape index (κ3) is 6.25. The van der Waals surface area contributed by atoms with Gasteiger partial charge in [-0.15, -0.1) is 0 Å². The normalized spacial score (nSPS) is 12.2. The number of anilines is 1. The van der Waals surface area contributed by atoms with Gasteiger partial charge < -0.3 is 19.5 Å². The maximum atomic E-state index is 12.1. The number of hydrogen-bond donors (Lipinski definition) is 1. The smallest absolute Gasteiger partial charge is 0.331 e. The van der Waals surface area contributed by atoms with Crippen LogP contribution >= 0.6 is 0 Å². The minimum absolute atomic E-state index is 0.451. The molecule has 0 radical (unpaired) electrons. The maximum Gasteiger partial charge on any atom is 0.331 e. The van der Waals surface area contributed by atoms with Crippen LogP contribution in [0.15, 0.2) is 42.5 Å². The first-order chi connectivity index (χ1) is 11.0. The summed E-state index contributed by atoms with van der Waals surface area (Å²) in [7, 11) is 3.03. The van der Waals surface area contributed by atoms with Crippen molar-refractivity contribution >= 4 is 17.6 Å². The van der Waals surface area contributed by atoms with Crippen LogP contribution in [0.2, 0.25) is 0 Å². The molecule has 1 N–H and O–H groups in total. The molecule has 0 aliphatic rings. The van der Waals surface area contributed by atoms with Gasteiger partial charge in [0, 0.05) is 30.0 Å². The molecule has 0 aromatic heterocycles. The van der Waals surface area contributed by atoms with E-state index in [1.165, 1.54) is 27.2 Å². The van der Waals surface area contributed by atoms with Crippen LogP contribution in [0.3, 0.4) is 0 Å². The molecule has 124 valence electrons. The van der Waals surface area contributed by atoms with Gasteiger partial charge in [-0.25, -0.2) is 4.79 Å². The fourth-order valence-electron chi connectivity index (χ4n) is 1.64. The van der Waals surface area contributed by atoms with Crippen molar-refractivity contribution in [2.45, 2.75) is 20.0 Å². The molecule has 0 spiro atoms. The average Bonchev–Trinajstić information content (AvgIpc) is 2.54. The molecule has 6 heteroatoms. The number of amides is 1. The first-order valence-electron chi connectivity index (χ1n) is 7.04. The molecule has 1 aromatic rings. The number of methoxy groups -OCH3 is 2. The molecule has 1 aromatic carbocycles. The highest BCUT2D eigenvalue weighted by Crippen LogP contribution is 2.25. The molecule has 23 heavy (non-hydrogen) atoms. The Balaban J connectivity index is 2.69. The number of esters is 1. The summed E-state index contributed by atoms with van der Waals surface area (Å²) in [5.74, 6) is 0.0410. The van der Waals surface area contributed by atoms with Gasteiger partial charge in [-0.3, -0.25) is 4.79 Å². The number of benzene rings is 1. The summed E-state index contributed by atoms with van der Waals surface area (Å²) in [6.07, 6.45) is 5.32. The van der Waals surface area contributed by atoms with Gasteiger partial charge in [0.25, 0.3) is 5.91 Å². The molecule has 1 rings (SSSR count). The topological polar surface area (TPSA) is 73.9 Å². The van der Waals surface area contributed by atoms with E-state index < -0.39 is 18.0 Å². The summed E-state index contributed by atoms with van der Waals surface area (Å²) >= 11 is 0. The van der Waals surface area contributed by atoms with Crippen LogP contribution < -0.4 is 14.8 Å². The highest BCUT2D eigenvalue weighted by atomic mass is 16.5. The molecular weight excluding hydrogens is 298 g/mol. The van der Waals surface area contributed by atoms with Crippen molar-refractivity contribution in [1.29, 1.82) is 0 Å². The minimum Gasteiger partial charge on any atom is -0.497 e. The van der Waals surface area contributed by atoms with Gasteiger partial charge in [0.2, 0.25) is 0 Å². The van der Waals surface area contributed by atoms with Gasteiger partial charge in [0.15, 0.2) is 6.10 Å². The molecule has 0 bridgehead atoms. The summed E-state index contributed by atoms with van der Waals surface area (Å²) in [5, 5.41) is 2.65. The lowest BCUT2D eigenvalue weighted by Crippen LogP contribution is -2.29. The van der Waals surface area contributed by atoms with E-state index >= 15 is 0 Å². The van der Waals surface area contributed by atoms with E-state index in [4.69, 9.17) is 14.2 Å². The number of nitrogens with one attached hydrogen (secondary N) is 1. The first kappa shape index (κ1) is 18.3. The fraction of sp³-hybridized carbons (Fsp3) is 0.294. The molecule has 0 aliphatic carbocycles. The largest absolute Gasteiger partial charge is 0.497 e. The lowest BCUT2D eigenvalue weighted by atomic mass is 10.2. The van der Waals surface area contributed by atoms with Crippen molar-refractivity contribution in [2.75, 3.05) is 19.5 Å². The number of carbonyl (C=O) groups excluding carboxylic acids is 2. The van der Waals surface area contributed by atoms with Crippen molar-refractivity contribution in [3.8, 4) is 11.5 Å². The first-order valence-corrected chi connectivity index (χ1v) is 7.04. The van der Waals surface area contributed by atoms with Gasteiger partial charge in [0.1, 0.15) is 11.5 Å². The Bertz CT molecular complexity index is 585. The molecule has 0 heterocycles. The average molecular weight is 319 g/mol. The number of hydrogen-bond acceptors (Lipinski definition) is 5. The zero-order valence-corrected chi connectivity index (χ0v) is 13.7. The van der Waals surface area contributed by atoms with Crippen LogP contribution in [0.25, 0.3) is 0 Å². The van der Waals surface area contributed by atoms with E-state index in [0.717, 1.165) is 0 Å². The summed E-state index contributed by atoms with van der Waals surface area (Å²) < 4.78 is 15.3. The molecule has 0 fully saturated rings. The van der Waals surface area contributed by atoms with E-state index in [1.54, 1.807) is 36.4 Å². The zero-order chi connectivity index (χ0) is 17.2. The Morgan fingerprint density at radius 3 is 2.22 bits per heavy atom. The highest BCUT2D eigenvalue weighted by Gasteiger charge is 2.17. The second-order valence-electron chi connectivity index (χ2n) is 4.55. The van der Waals surface area contributed by atoms with E-state index in [9.17, 15) is 9.59 Å². The van der Waals surface area contributed by atoms with Crippen LogP contribution in [0.1, 0.15) is 13.8 Å². The van der Waals surface area contributed by atoms with Crippen LogP contribution in [0.4, 0.5) is 5.69 Å². The third-order valence-electron chi connectivity index (χ3n) is 2.82. The monoisotopic (exact) mass is 319 g/mol. The molecule has 6 nitrogen and oxygen atoms in total. The predicted octanol–water partition coefficient (Wildman–Crippen LogP) is 2.71. The summed E-state index contributed by atoms with van der Waals surface area (Å²) in [4.78, 5) is 23.6. The van der Waals surface area contributed by atoms with Crippen LogP contribution in [0, 0.1) is 0 Å². The lowest BCUT2D eigenvalue weighted by Gasteiger charge is -2.14. The fourth-order valence-corrected chi connectivity index (χ4v) is 1.64. The van der Waals surface area contributed by atoms with Crippen molar-refractivity contribution in [3.05, 3.63) is 42.5 Å². The quantitative estimate of drug-likeness (QED) is 0.475. The maximum absolute atomic E-state index is 12.1. The van der Waals surface area contributed by atoms with Crippen molar-refractivity contribution in [2.24, 2.45) is 0 Å². The second-order valence-corrected chi connectivity index (χ2v) is 4.55. The van der Waals surface area contributed by atoms with Crippen LogP contribution in [-0.2, 0) is 14.3 Å². The standard InChI is InChI=1S/C17H21NO5/c1-5-6-7-8-16(19)23-12(2)17(20)18-13-9-14(21-3)11-15(10-13)22-4/h5-12H,1-4H3,(H,18,20)/b6-5+,8-7+. The Morgan fingerprint density at radius 2 is 1.70 bits per heavy atom. The van der Waals surface area contributed by atoms with E-state index in [2.05, 4.69) is 5.32 Å². The SMILES string of the molecule is C/C=C/C=C/C(=O)OC(C)C(=O)Nc1cc(OC)cc(OC)c1. The van der Waals surface area contributed by atoms with E-state index in [1.807, 2.05) is 6.92 Å². The summed E-state index contributed by atoms with van der Waals surface area (Å²) in [5.41, 5.74) is 0.485. The Kier molecular flexibility index (Phi) is 7.39. The predicted molar refractivity (Wildman–Crippen MR) is 87.7 cm³/mol. The molecule has 0 saturated heterocycles. The van der Waals surface area contributed by atoms with Gasteiger partial charge >= 0.3 is 5.97 Å². The third-order valence-corrected chi connectivity index (χ3v) is 2.82. The van der Waals surface area contributed by atoms with E-state index in [0.29, 0.717) is 17.2 Å². The Morgan fingerprint density at radius 1 is 1.09 bits per heavy atom. The zero-order valence-electron chi connectivity index (χ0n) is 13.7. The summed E-state index contributed by atoms with van der Waals surface area (Å²) in [6.45, 7) is 3.32. The molecule has 1 amide bonds. The number of rotatable bonds is 7. The van der Waals surface area contributed by atoms with Crippen LogP contribution in [0.5, 0.6) is 11.5 Å². The summed E-state index contributed by atoms with van der Waals surface area (Å²) in [6, 6.07) is 4.97. The van der Waals surface area contributed by atoms with Gasteiger partial charge in [-0.2, -0.15) is 0 Å². The van der Waals surface area contributed by atoms with Gasteiger partial charge in [-0.1, -0.05) is 18.2 Å². The number of ether oxygens (including phenoxy) is 3. The Labute approximate surface area is 135 Å². The van der Waals surface area contributed by atoms with Crippen molar-refractivity contribution in [3.63, 3.8) is 0 Å². The second kappa shape index (κ2) is 9.30.